The van der Waals surface area contributed by atoms with Crippen LogP contribution in [-0.2, 0) is 14.6 Å². The van der Waals surface area contributed by atoms with Crippen molar-refractivity contribution < 1.29 is 31.5 Å². The summed E-state index contributed by atoms with van der Waals surface area (Å²) in [5, 5.41) is 8.84. The number of amidine groups is 1. The molecule has 164 valence electrons. The van der Waals surface area contributed by atoms with E-state index in [2.05, 4.69) is 30.9 Å². The number of carboxylic acid groups (broad SMARTS) is 1. The Morgan fingerprint density at radius 2 is 1.93 bits per heavy atom. The summed E-state index contributed by atoms with van der Waals surface area (Å²) in [7, 11) is -2.28. The van der Waals surface area contributed by atoms with Gasteiger partial charge in [0.05, 0.1) is 9.38 Å². The van der Waals surface area contributed by atoms with Crippen molar-refractivity contribution in [3.8, 4) is 0 Å². The van der Waals surface area contributed by atoms with Crippen LogP contribution in [0.5, 0.6) is 0 Å². The van der Waals surface area contributed by atoms with E-state index in [4.69, 9.17) is 10.8 Å². The van der Waals surface area contributed by atoms with E-state index in [0.717, 1.165) is 6.26 Å². The van der Waals surface area contributed by atoms with Gasteiger partial charge in [-0.2, -0.15) is 13.2 Å². The van der Waals surface area contributed by atoms with E-state index in [-0.39, 0.29) is 14.4 Å². The second-order valence-corrected chi connectivity index (χ2v) is 9.36. The van der Waals surface area contributed by atoms with Gasteiger partial charge in [0, 0.05) is 18.9 Å². The van der Waals surface area contributed by atoms with Gasteiger partial charge in [-0.3, -0.25) is 14.8 Å². The average molecular weight is 623 g/mol. The van der Waals surface area contributed by atoms with Gasteiger partial charge < -0.3 is 10.8 Å². The fourth-order valence-corrected chi connectivity index (χ4v) is 3.62. The zero-order valence-corrected chi connectivity index (χ0v) is 20.0. The minimum Gasteiger partial charge on any atom is -0.480 e. The third-order valence-corrected chi connectivity index (χ3v) is 6.03. The lowest BCUT2D eigenvalue weighted by atomic mass is 10.2. The number of hydrogen-bond donors (Lipinski definition) is 2. The lowest BCUT2D eigenvalue weighted by Gasteiger charge is -2.12. The maximum Gasteiger partial charge on any atom is 0.431 e. The van der Waals surface area contributed by atoms with Gasteiger partial charge in [-0.05, 0) is 50.7 Å². The monoisotopic (exact) mass is 622 g/mol. The Balaban J connectivity index is 3.57. The Morgan fingerprint density at radius 1 is 1.33 bits per heavy atom. The van der Waals surface area contributed by atoms with Gasteiger partial charge in [-0.1, -0.05) is 12.1 Å². The summed E-state index contributed by atoms with van der Waals surface area (Å²) in [6, 6.07) is 5.72. The Labute approximate surface area is 192 Å². The fourth-order valence-electron chi connectivity index (χ4n) is 1.86. The molecule has 8 nitrogen and oxygen atoms in total. The SMILES string of the molecule is CN=C(N=C(I)c1cccc(S(C)(=O)=O)c1)C(=NCC(=O)O)C(Br)=C(N)C(F)(F)F. The van der Waals surface area contributed by atoms with Crippen LogP contribution in [0.2, 0.25) is 0 Å². The Kier molecular flexibility index (Phi) is 9.16. The van der Waals surface area contributed by atoms with E-state index >= 15 is 0 Å². The van der Waals surface area contributed by atoms with E-state index in [1.54, 1.807) is 22.6 Å². The lowest BCUT2D eigenvalue weighted by Crippen LogP contribution is -2.26. The normalized spacial score (nSPS) is 15.1. The summed E-state index contributed by atoms with van der Waals surface area (Å²) in [4.78, 5) is 22.4. The molecule has 0 aromatic heterocycles. The molecule has 1 rings (SSSR count). The molecule has 1 aromatic carbocycles. The van der Waals surface area contributed by atoms with Gasteiger partial charge in [-0.15, -0.1) is 0 Å². The van der Waals surface area contributed by atoms with Crippen molar-refractivity contribution in [3.63, 3.8) is 0 Å². The first-order chi connectivity index (χ1) is 13.7. The van der Waals surface area contributed by atoms with Gasteiger partial charge in [0.15, 0.2) is 15.7 Å². The number of sulfone groups is 1. The van der Waals surface area contributed by atoms with Crippen molar-refractivity contribution in [1.82, 2.24) is 0 Å². The second-order valence-electron chi connectivity index (χ2n) is 5.53. The third kappa shape index (κ3) is 7.46. The number of carboxylic acids is 1. The number of rotatable bonds is 6. The Bertz CT molecular complexity index is 1070. The Hall–Kier alpha value is -1.81. The zero-order valence-electron chi connectivity index (χ0n) is 15.4. The van der Waals surface area contributed by atoms with E-state index in [0.29, 0.717) is 5.56 Å². The minimum absolute atomic E-state index is 0.0153. The largest absolute Gasteiger partial charge is 0.480 e. The molecule has 0 aliphatic carbocycles. The Morgan fingerprint density at radius 3 is 2.40 bits per heavy atom. The van der Waals surface area contributed by atoms with Crippen LogP contribution in [-0.4, -0.2) is 60.8 Å². The maximum atomic E-state index is 13.0. The summed E-state index contributed by atoms with van der Waals surface area (Å²) in [5.74, 6) is -1.74. The van der Waals surface area contributed by atoms with E-state index < -0.39 is 44.4 Å². The van der Waals surface area contributed by atoms with Crippen LogP contribution in [0.15, 0.2) is 54.3 Å². The summed E-state index contributed by atoms with van der Waals surface area (Å²) in [6.45, 7) is -0.857. The van der Waals surface area contributed by atoms with Crippen LogP contribution in [0.1, 0.15) is 5.56 Å². The van der Waals surface area contributed by atoms with Crippen molar-refractivity contribution in [3.05, 3.63) is 40.0 Å². The van der Waals surface area contributed by atoms with Gasteiger partial charge >= 0.3 is 12.1 Å². The van der Waals surface area contributed by atoms with Crippen LogP contribution in [0.4, 0.5) is 13.2 Å². The topological polar surface area (TPSA) is 135 Å². The van der Waals surface area contributed by atoms with E-state index in [1.807, 2.05) is 0 Å². The summed E-state index contributed by atoms with van der Waals surface area (Å²) >= 11 is 4.44. The van der Waals surface area contributed by atoms with Crippen molar-refractivity contribution in [2.45, 2.75) is 11.1 Å². The molecule has 0 fully saturated rings. The molecular weight excluding hydrogens is 608 g/mol. The number of hydrogen-bond acceptors (Lipinski definition) is 6. The van der Waals surface area contributed by atoms with Gasteiger partial charge in [0.1, 0.15) is 21.7 Å². The highest BCUT2D eigenvalue weighted by Gasteiger charge is 2.35. The third-order valence-electron chi connectivity index (χ3n) is 3.25. The van der Waals surface area contributed by atoms with Crippen molar-refractivity contribution in [2.24, 2.45) is 20.7 Å². The first-order valence-electron chi connectivity index (χ1n) is 7.69. The molecule has 30 heavy (non-hydrogen) atoms. The predicted molar refractivity (Wildman–Crippen MR) is 120 cm³/mol. The fraction of sp³-hybridized carbons (Fsp3) is 0.250. The smallest absolute Gasteiger partial charge is 0.431 e. The number of benzene rings is 1. The number of nitrogens with two attached hydrogens (primary N) is 1. The molecule has 0 saturated heterocycles. The quantitative estimate of drug-likeness (QED) is 0.286. The number of nitrogens with zero attached hydrogens (tertiary/aromatic N) is 3. The van der Waals surface area contributed by atoms with Gasteiger partial charge in [0.2, 0.25) is 0 Å². The van der Waals surface area contributed by atoms with E-state index in [1.165, 1.54) is 31.3 Å². The van der Waals surface area contributed by atoms with E-state index in [9.17, 15) is 26.4 Å². The van der Waals surface area contributed by atoms with Crippen LogP contribution in [0, 0.1) is 0 Å². The first kappa shape index (κ1) is 26.2. The molecule has 0 atom stereocenters. The molecule has 0 radical (unpaired) electrons. The standard InChI is InChI=1S/C16H15BrF3IN4O4S/c1-23-15(12(24-7-10(26)27)11(17)13(22)16(18,19)20)25-14(21)8-4-3-5-9(6-8)30(2,28)29/h3-6H,7,22H2,1-2H3,(H,26,27). The molecule has 0 heterocycles. The van der Waals surface area contributed by atoms with Gasteiger partial charge in [-0.25, -0.2) is 13.4 Å². The minimum atomic E-state index is -4.91. The summed E-state index contributed by atoms with van der Waals surface area (Å²) in [6.07, 6.45) is -3.89. The van der Waals surface area contributed by atoms with Crippen LogP contribution < -0.4 is 5.73 Å². The summed E-state index contributed by atoms with van der Waals surface area (Å²) < 4.78 is 61.9. The highest BCUT2D eigenvalue weighted by atomic mass is 127. The highest BCUT2D eigenvalue weighted by molar-refractivity contribution is 14.1. The molecule has 0 unspecified atom stereocenters. The average Bonchev–Trinajstić information content (AvgIpc) is 2.64. The van der Waals surface area contributed by atoms with Gasteiger partial charge in [0.25, 0.3) is 0 Å². The van der Waals surface area contributed by atoms with Crippen molar-refractivity contribution in [2.75, 3.05) is 19.8 Å². The molecule has 0 amide bonds. The molecule has 0 aliphatic rings. The molecule has 0 saturated carbocycles. The van der Waals surface area contributed by atoms with Crippen molar-refractivity contribution >= 4 is 69.6 Å². The highest BCUT2D eigenvalue weighted by Crippen LogP contribution is 2.28. The maximum absolute atomic E-state index is 13.0. The molecule has 14 heteroatoms. The number of alkyl halides is 3. The molecule has 0 aliphatic heterocycles. The first-order valence-corrected chi connectivity index (χ1v) is 11.5. The number of halogens is 5. The number of aliphatic carboxylic acids is 1. The molecular formula is C16H15BrF3IN4O4S. The zero-order chi connectivity index (χ0) is 23.3. The lowest BCUT2D eigenvalue weighted by molar-refractivity contribution is -0.135. The number of allylic oxidation sites excluding steroid dienone is 1. The molecule has 0 spiro atoms. The van der Waals surface area contributed by atoms with Crippen molar-refractivity contribution in [1.29, 1.82) is 0 Å². The predicted octanol–water partition coefficient (Wildman–Crippen LogP) is 2.95. The second kappa shape index (κ2) is 10.5. The number of aliphatic imine (C=N–C) groups is 3. The molecule has 0 bridgehead atoms. The van der Waals surface area contributed by atoms with Crippen LogP contribution >= 0.6 is 38.5 Å². The molecule has 1 aromatic rings. The molecule has 3 N–H and O–H groups in total. The van der Waals surface area contributed by atoms with Crippen LogP contribution in [0.25, 0.3) is 0 Å². The number of carbonyl (C=O) groups is 1. The van der Waals surface area contributed by atoms with Crippen LogP contribution in [0.3, 0.4) is 0 Å². The summed E-state index contributed by atoms with van der Waals surface area (Å²) in [5.41, 5.74) is 3.39.